The van der Waals surface area contributed by atoms with Crippen LogP contribution in [0.25, 0.3) is 10.6 Å². The van der Waals surface area contributed by atoms with Crippen LogP contribution < -0.4 is 0 Å². The first-order valence-electron chi connectivity index (χ1n) is 8.35. The summed E-state index contributed by atoms with van der Waals surface area (Å²) >= 11 is 1.45. The summed E-state index contributed by atoms with van der Waals surface area (Å²) < 4.78 is 26.1. The van der Waals surface area contributed by atoms with E-state index >= 15 is 0 Å². The Hall–Kier alpha value is -1.77. The lowest BCUT2D eigenvalue weighted by Gasteiger charge is -2.33. The molecular weight excluding hydrogens is 358 g/mol. The fourth-order valence-electron chi connectivity index (χ4n) is 2.97. The number of nitrogens with zero attached hydrogens (tertiary/aromatic N) is 3. The van der Waals surface area contributed by atoms with Crippen LogP contribution >= 0.6 is 11.3 Å². The van der Waals surface area contributed by atoms with Crippen molar-refractivity contribution < 1.29 is 13.2 Å². The van der Waals surface area contributed by atoms with Gasteiger partial charge in [0.25, 0.3) is 5.91 Å². The largest absolute Gasteiger partial charge is 0.335 e. The number of sulfonamides is 1. The molecular formula is C17H19N3O3S2. The first-order chi connectivity index (χ1) is 12.1. The first-order valence-corrected chi connectivity index (χ1v) is 10.7. The van der Waals surface area contributed by atoms with Crippen molar-refractivity contribution in [3.63, 3.8) is 0 Å². The molecule has 8 heteroatoms. The Bertz CT molecular complexity index is 868. The summed E-state index contributed by atoms with van der Waals surface area (Å²) in [6, 6.07) is 9.76. The second kappa shape index (κ2) is 6.51. The Labute approximate surface area is 151 Å². The van der Waals surface area contributed by atoms with Gasteiger partial charge >= 0.3 is 0 Å². The summed E-state index contributed by atoms with van der Waals surface area (Å²) in [6.07, 6.45) is 1.53. The van der Waals surface area contributed by atoms with Gasteiger partial charge in [-0.25, -0.2) is 13.4 Å². The Morgan fingerprint density at radius 1 is 1.08 bits per heavy atom. The summed E-state index contributed by atoms with van der Waals surface area (Å²) in [5.41, 5.74) is 1.43. The summed E-state index contributed by atoms with van der Waals surface area (Å²) in [7, 11) is -3.15. The van der Waals surface area contributed by atoms with Crippen LogP contribution in [0.4, 0.5) is 0 Å². The molecule has 0 unspecified atom stereocenters. The zero-order valence-corrected chi connectivity index (χ0v) is 15.3. The van der Waals surface area contributed by atoms with Crippen molar-refractivity contribution in [1.29, 1.82) is 0 Å². The number of hydrogen-bond acceptors (Lipinski definition) is 5. The highest BCUT2D eigenvalue weighted by Crippen LogP contribution is 2.31. The smallest absolute Gasteiger partial charge is 0.273 e. The van der Waals surface area contributed by atoms with Crippen LogP contribution in [0.15, 0.2) is 35.7 Å². The molecule has 1 saturated carbocycles. The monoisotopic (exact) mass is 377 g/mol. The predicted molar refractivity (Wildman–Crippen MR) is 97.0 cm³/mol. The third-order valence-electron chi connectivity index (χ3n) is 4.58. The van der Waals surface area contributed by atoms with E-state index < -0.39 is 10.0 Å². The van der Waals surface area contributed by atoms with E-state index in [1.165, 1.54) is 15.6 Å². The van der Waals surface area contributed by atoms with E-state index in [4.69, 9.17) is 0 Å². The molecule has 2 aromatic rings. The van der Waals surface area contributed by atoms with Crippen LogP contribution in [0, 0.1) is 0 Å². The van der Waals surface area contributed by atoms with Crippen LogP contribution in [0.3, 0.4) is 0 Å². The minimum absolute atomic E-state index is 0.123. The van der Waals surface area contributed by atoms with E-state index in [2.05, 4.69) is 4.98 Å². The predicted octanol–water partition coefficient (Wildman–Crippen LogP) is 2.06. The number of hydrogen-bond donors (Lipinski definition) is 0. The second-order valence-corrected chi connectivity index (χ2v) is 9.41. The standard InChI is InChI=1S/C17H19N3O3S2/c21-17(15-12-24-16(18-15)13-4-2-1-3-5-13)19-8-10-20(11-9-19)25(22,23)14-6-7-14/h1-5,12,14H,6-11H2. The molecule has 4 rings (SSSR count). The van der Waals surface area contributed by atoms with E-state index in [1.807, 2.05) is 30.3 Å². The molecule has 0 spiro atoms. The van der Waals surface area contributed by atoms with Gasteiger partial charge in [0.05, 0.1) is 5.25 Å². The van der Waals surface area contributed by atoms with Gasteiger partial charge in [0.15, 0.2) is 0 Å². The summed E-state index contributed by atoms with van der Waals surface area (Å²) in [6.45, 7) is 1.59. The van der Waals surface area contributed by atoms with Gasteiger partial charge < -0.3 is 4.90 Å². The molecule has 1 aromatic carbocycles. The molecule has 6 nitrogen and oxygen atoms in total. The first kappa shape index (κ1) is 16.7. The van der Waals surface area contributed by atoms with Crippen molar-refractivity contribution in [2.45, 2.75) is 18.1 Å². The number of benzene rings is 1. The molecule has 1 amide bonds. The molecule has 0 atom stereocenters. The maximum Gasteiger partial charge on any atom is 0.273 e. The summed E-state index contributed by atoms with van der Waals surface area (Å²) in [4.78, 5) is 18.8. The number of carbonyl (C=O) groups excluding carboxylic acids is 1. The second-order valence-electron chi connectivity index (χ2n) is 6.34. The van der Waals surface area contributed by atoms with Crippen molar-refractivity contribution >= 4 is 27.3 Å². The molecule has 0 radical (unpaired) electrons. The SMILES string of the molecule is O=C(c1csc(-c2ccccc2)n1)N1CCN(S(=O)(=O)C2CC2)CC1. The van der Waals surface area contributed by atoms with Crippen molar-refractivity contribution in [1.82, 2.24) is 14.2 Å². The molecule has 1 aliphatic carbocycles. The zero-order chi connectivity index (χ0) is 17.4. The lowest BCUT2D eigenvalue weighted by molar-refractivity contribution is 0.0693. The van der Waals surface area contributed by atoms with Crippen LogP contribution in [-0.2, 0) is 10.0 Å². The average Bonchev–Trinajstić information content (AvgIpc) is 3.40. The van der Waals surface area contributed by atoms with Crippen LogP contribution in [-0.4, -0.2) is 59.9 Å². The van der Waals surface area contributed by atoms with E-state index in [9.17, 15) is 13.2 Å². The van der Waals surface area contributed by atoms with Crippen molar-refractivity contribution in [2.75, 3.05) is 26.2 Å². The van der Waals surface area contributed by atoms with Crippen molar-refractivity contribution in [3.8, 4) is 10.6 Å². The van der Waals surface area contributed by atoms with Gasteiger partial charge in [0.1, 0.15) is 10.7 Å². The van der Waals surface area contributed by atoms with Gasteiger partial charge in [0, 0.05) is 37.1 Å². The summed E-state index contributed by atoms with van der Waals surface area (Å²) in [5, 5.41) is 2.40. The number of rotatable bonds is 4. The third kappa shape index (κ3) is 3.33. The highest BCUT2D eigenvalue weighted by Gasteiger charge is 2.41. The maximum absolute atomic E-state index is 12.6. The highest BCUT2D eigenvalue weighted by atomic mass is 32.2. The topological polar surface area (TPSA) is 70.6 Å². The molecule has 132 valence electrons. The summed E-state index contributed by atoms with van der Waals surface area (Å²) in [5.74, 6) is -0.123. The van der Waals surface area contributed by atoms with Gasteiger partial charge in [-0.1, -0.05) is 30.3 Å². The van der Waals surface area contributed by atoms with E-state index in [-0.39, 0.29) is 11.2 Å². The van der Waals surface area contributed by atoms with Gasteiger partial charge in [-0.15, -0.1) is 11.3 Å². The van der Waals surface area contributed by atoms with E-state index in [1.54, 1.807) is 10.3 Å². The number of carbonyl (C=O) groups is 1. The lowest BCUT2D eigenvalue weighted by atomic mass is 10.2. The number of aromatic nitrogens is 1. The number of thiazole rings is 1. The Morgan fingerprint density at radius 2 is 1.76 bits per heavy atom. The molecule has 2 aliphatic rings. The maximum atomic E-state index is 12.6. The Morgan fingerprint density at radius 3 is 2.40 bits per heavy atom. The minimum atomic E-state index is -3.15. The lowest BCUT2D eigenvalue weighted by Crippen LogP contribution is -2.51. The molecule has 1 aliphatic heterocycles. The third-order valence-corrected chi connectivity index (χ3v) is 7.87. The molecule has 1 aromatic heterocycles. The molecule has 0 bridgehead atoms. The minimum Gasteiger partial charge on any atom is -0.335 e. The Balaban J connectivity index is 1.42. The fourth-order valence-corrected chi connectivity index (χ4v) is 5.60. The van der Waals surface area contributed by atoms with Crippen LogP contribution in [0.1, 0.15) is 23.3 Å². The van der Waals surface area contributed by atoms with Gasteiger partial charge in [-0.3, -0.25) is 4.79 Å². The molecule has 1 saturated heterocycles. The number of piperazine rings is 1. The Kier molecular flexibility index (Phi) is 4.35. The normalized spacial score (nSPS) is 19.1. The molecule has 25 heavy (non-hydrogen) atoms. The van der Waals surface area contributed by atoms with Gasteiger partial charge in [-0.2, -0.15) is 4.31 Å². The van der Waals surface area contributed by atoms with E-state index in [0.717, 1.165) is 23.4 Å². The van der Waals surface area contributed by atoms with E-state index in [0.29, 0.717) is 31.9 Å². The van der Waals surface area contributed by atoms with Crippen molar-refractivity contribution in [2.24, 2.45) is 0 Å². The number of amides is 1. The highest BCUT2D eigenvalue weighted by molar-refractivity contribution is 7.90. The molecule has 2 heterocycles. The average molecular weight is 377 g/mol. The molecule has 0 N–H and O–H groups in total. The van der Waals surface area contributed by atoms with Crippen LogP contribution in [0.5, 0.6) is 0 Å². The quantitative estimate of drug-likeness (QED) is 0.818. The molecule has 2 fully saturated rings. The zero-order valence-electron chi connectivity index (χ0n) is 13.7. The van der Waals surface area contributed by atoms with Gasteiger partial charge in [-0.05, 0) is 12.8 Å². The van der Waals surface area contributed by atoms with Gasteiger partial charge in [0.2, 0.25) is 10.0 Å². The van der Waals surface area contributed by atoms with Crippen LogP contribution in [0.2, 0.25) is 0 Å². The fraction of sp³-hybridized carbons (Fsp3) is 0.412. The van der Waals surface area contributed by atoms with Crippen molar-refractivity contribution in [3.05, 3.63) is 41.4 Å².